The Bertz CT molecular complexity index is 684. The summed E-state index contributed by atoms with van der Waals surface area (Å²) in [6.07, 6.45) is 0. The van der Waals surface area contributed by atoms with Crippen LogP contribution in [0, 0.1) is 0 Å². The van der Waals surface area contributed by atoms with Gasteiger partial charge in [-0.25, -0.2) is 8.42 Å². The van der Waals surface area contributed by atoms with Gasteiger partial charge in [0.25, 0.3) is 0 Å². The zero-order valence-corrected chi connectivity index (χ0v) is 10.6. The Labute approximate surface area is 109 Å². The SMILES string of the molecule is Nc1ccc(S(=O)(=O)c2ccc(N)c(O)c2)cc1O. The van der Waals surface area contributed by atoms with E-state index in [9.17, 15) is 18.6 Å². The molecule has 0 saturated carbocycles. The van der Waals surface area contributed by atoms with Gasteiger partial charge in [0.15, 0.2) is 0 Å². The molecule has 7 heteroatoms. The number of phenolic OH excluding ortho intramolecular Hbond substituents is 2. The number of nitrogen functional groups attached to an aromatic ring is 2. The van der Waals surface area contributed by atoms with Crippen LogP contribution < -0.4 is 11.5 Å². The summed E-state index contributed by atoms with van der Waals surface area (Å²) in [5, 5.41) is 18.9. The van der Waals surface area contributed by atoms with Crippen LogP contribution in [0.5, 0.6) is 11.5 Å². The van der Waals surface area contributed by atoms with E-state index >= 15 is 0 Å². The summed E-state index contributed by atoms with van der Waals surface area (Å²) >= 11 is 0. The number of rotatable bonds is 2. The van der Waals surface area contributed by atoms with Gasteiger partial charge in [0, 0.05) is 12.1 Å². The van der Waals surface area contributed by atoms with Crippen LogP contribution in [0.4, 0.5) is 11.4 Å². The van der Waals surface area contributed by atoms with Gasteiger partial charge >= 0.3 is 0 Å². The van der Waals surface area contributed by atoms with Gasteiger partial charge < -0.3 is 21.7 Å². The van der Waals surface area contributed by atoms with Crippen molar-refractivity contribution in [1.29, 1.82) is 0 Å². The molecular weight excluding hydrogens is 268 g/mol. The molecule has 0 spiro atoms. The number of benzene rings is 2. The van der Waals surface area contributed by atoms with Crippen LogP contribution in [0.1, 0.15) is 0 Å². The Morgan fingerprint density at radius 3 is 1.47 bits per heavy atom. The first-order valence-electron chi connectivity index (χ1n) is 5.24. The van der Waals surface area contributed by atoms with Gasteiger partial charge in [0.1, 0.15) is 11.5 Å². The van der Waals surface area contributed by atoms with Crippen molar-refractivity contribution in [3.63, 3.8) is 0 Å². The number of nitrogens with two attached hydrogens (primary N) is 2. The first kappa shape index (κ1) is 13.0. The Morgan fingerprint density at radius 1 is 0.789 bits per heavy atom. The van der Waals surface area contributed by atoms with Crippen molar-refractivity contribution in [3.05, 3.63) is 36.4 Å². The van der Waals surface area contributed by atoms with Crippen LogP contribution >= 0.6 is 0 Å². The molecule has 2 rings (SSSR count). The smallest absolute Gasteiger partial charge is 0.206 e. The van der Waals surface area contributed by atoms with Crippen molar-refractivity contribution >= 4 is 21.2 Å². The number of hydrogen-bond acceptors (Lipinski definition) is 6. The zero-order valence-electron chi connectivity index (χ0n) is 9.74. The fraction of sp³-hybridized carbons (Fsp3) is 0. The lowest BCUT2D eigenvalue weighted by Gasteiger charge is -2.07. The molecule has 0 atom stereocenters. The van der Waals surface area contributed by atoms with E-state index < -0.39 is 9.84 Å². The molecule has 100 valence electrons. The molecule has 0 aliphatic heterocycles. The summed E-state index contributed by atoms with van der Waals surface area (Å²) in [5.74, 6) is -0.638. The Morgan fingerprint density at radius 2 is 1.16 bits per heavy atom. The lowest BCUT2D eigenvalue weighted by Crippen LogP contribution is -2.03. The number of aromatic hydroxyl groups is 2. The topological polar surface area (TPSA) is 127 Å². The Balaban J connectivity index is 2.58. The van der Waals surface area contributed by atoms with Gasteiger partial charge in [-0.3, -0.25) is 0 Å². The normalized spacial score (nSPS) is 11.4. The molecular formula is C12H12N2O4S. The van der Waals surface area contributed by atoms with Gasteiger partial charge in [-0.05, 0) is 24.3 Å². The molecule has 6 nitrogen and oxygen atoms in total. The van der Waals surface area contributed by atoms with Crippen LogP contribution in [0.2, 0.25) is 0 Å². The van der Waals surface area contributed by atoms with E-state index in [0.717, 1.165) is 12.1 Å². The second kappa shape index (κ2) is 4.36. The number of anilines is 2. The second-order valence-electron chi connectivity index (χ2n) is 3.94. The molecule has 2 aromatic carbocycles. The molecule has 0 amide bonds. The lowest BCUT2D eigenvalue weighted by molar-refractivity contribution is 0.475. The van der Waals surface area contributed by atoms with Gasteiger partial charge in [-0.2, -0.15) is 0 Å². The average molecular weight is 280 g/mol. The highest BCUT2D eigenvalue weighted by Crippen LogP contribution is 2.30. The van der Waals surface area contributed by atoms with Crippen LogP contribution in [0.25, 0.3) is 0 Å². The average Bonchev–Trinajstić information content (AvgIpc) is 2.35. The maximum absolute atomic E-state index is 12.3. The summed E-state index contributed by atoms with van der Waals surface area (Å²) in [7, 11) is -3.85. The molecule has 6 N–H and O–H groups in total. The highest BCUT2D eigenvalue weighted by atomic mass is 32.2. The van der Waals surface area contributed by atoms with E-state index in [2.05, 4.69) is 0 Å². The Kier molecular flexibility index (Phi) is 2.99. The van der Waals surface area contributed by atoms with Crippen molar-refractivity contribution in [2.75, 3.05) is 11.5 Å². The molecule has 0 aromatic heterocycles. The maximum atomic E-state index is 12.3. The summed E-state index contributed by atoms with van der Waals surface area (Å²) in [5.41, 5.74) is 11.0. The van der Waals surface area contributed by atoms with E-state index in [4.69, 9.17) is 11.5 Å². The largest absolute Gasteiger partial charge is 0.506 e. The van der Waals surface area contributed by atoms with Gasteiger partial charge in [0.2, 0.25) is 9.84 Å². The molecule has 0 radical (unpaired) electrons. The third-order valence-electron chi connectivity index (χ3n) is 2.62. The molecule has 0 heterocycles. The van der Waals surface area contributed by atoms with Crippen molar-refractivity contribution in [1.82, 2.24) is 0 Å². The zero-order chi connectivity index (χ0) is 14.2. The molecule has 0 fully saturated rings. The van der Waals surface area contributed by atoms with Crippen LogP contribution in [-0.2, 0) is 9.84 Å². The predicted octanol–water partition coefficient (Wildman–Crippen LogP) is 1.09. The highest BCUT2D eigenvalue weighted by molar-refractivity contribution is 7.91. The van der Waals surface area contributed by atoms with E-state index in [1.165, 1.54) is 24.3 Å². The molecule has 0 aliphatic rings. The van der Waals surface area contributed by atoms with Crippen LogP contribution in [0.3, 0.4) is 0 Å². The number of sulfone groups is 1. The van der Waals surface area contributed by atoms with Gasteiger partial charge in [0.05, 0.1) is 21.2 Å². The maximum Gasteiger partial charge on any atom is 0.206 e. The quantitative estimate of drug-likeness (QED) is 0.482. The summed E-state index contributed by atoms with van der Waals surface area (Å²) in [6, 6.07) is 7.24. The van der Waals surface area contributed by atoms with Crippen molar-refractivity contribution in [3.8, 4) is 11.5 Å². The van der Waals surface area contributed by atoms with Crippen molar-refractivity contribution in [2.24, 2.45) is 0 Å². The second-order valence-corrected chi connectivity index (χ2v) is 5.89. The lowest BCUT2D eigenvalue weighted by atomic mass is 10.3. The standard InChI is InChI=1S/C12H12N2O4S/c13-9-3-1-7(5-11(9)15)19(17,18)8-2-4-10(14)12(16)6-8/h1-6,15-16H,13-14H2. The number of hydrogen-bond donors (Lipinski definition) is 4. The van der Waals surface area contributed by atoms with Crippen LogP contribution in [-0.4, -0.2) is 18.6 Å². The molecule has 0 bridgehead atoms. The first-order chi connectivity index (χ1) is 8.82. The van der Waals surface area contributed by atoms with E-state index in [0.29, 0.717) is 0 Å². The fourth-order valence-electron chi connectivity index (χ4n) is 1.52. The summed E-state index contributed by atoms with van der Waals surface area (Å²) in [4.78, 5) is -0.244. The van der Waals surface area contributed by atoms with Crippen molar-refractivity contribution in [2.45, 2.75) is 9.79 Å². The summed E-state index contributed by atoms with van der Waals surface area (Å²) in [6.45, 7) is 0. The minimum absolute atomic E-state index is 0.0825. The molecule has 0 unspecified atom stereocenters. The molecule has 0 saturated heterocycles. The van der Waals surface area contributed by atoms with E-state index in [1.54, 1.807) is 0 Å². The first-order valence-corrected chi connectivity index (χ1v) is 6.73. The third kappa shape index (κ3) is 2.27. The van der Waals surface area contributed by atoms with Crippen molar-refractivity contribution < 1.29 is 18.6 Å². The summed E-state index contributed by atoms with van der Waals surface area (Å²) < 4.78 is 24.5. The molecule has 2 aromatic rings. The van der Waals surface area contributed by atoms with Crippen LogP contribution in [0.15, 0.2) is 46.2 Å². The van der Waals surface area contributed by atoms with Gasteiger partial charge in [-0.15, -0.1) is 0 Å². The third-order valence-corrected chi connectivity index (χ3v) is 4.37. The molecule has 0 aliphatic carbocycles. The van der Waals surface area contributed by atoms with Gasteiger partial charge in [-0.1, -0.05) is 0 Å². The highest BCUT2D eigenvalue weighted by Gasteiger charge is 2.19. The minimum Gasteiger partial charge on any atom is -0.506 e. The Hall–Kier alpha value is -2.41. The monoisotopic (exact) mass is 280 g/mol. The minimum atomic E-state index is -3.85. The fourth-order valence-corrected chi connectivity index (χ4v) is 2.82. The van der Waals surface area contributed by atoms with E-state index in [-0.39, 0.29) is 32.7 Å². The molecule has 19 heavy (non-hydrogen) atoms. The van der Waals surface area contributed by atoms with E-state index in [1.807, 2.05) is 0 Å². The number of phenols is 2. The predicted molar refractivity (Wildman–Crippen MR) is 70.5 cm³/mol.